The molecule has 3 rings (SSSR count). The summed E-state index contributed by atoms with van der Waals surface area (Å²) in [4.78, 5) is 14.6. The second kappa shape index (κ2) is 7.55. The number of Topliss-reactive ketones (excluding diaryl/α,β-unsaturated/α-hetero) is 1. The highest BCUT2D eigenvalue weighted by atomic mass is 35.5. The fourth-order valence-corrected chi connectivity index (χ4v) is 2.59. The molecule has 1 aliphatic rings. The number of morpholine rings is 1. The van der Waals surface area contributed by atoms with Crippen molar-refractivity contribution >= 4 is 29.0 Å². The van der Waals surface area contributed by atoms with Crippen LogP contribution in [0.3, 0.4) is 0 Å². The molecular weight excluding hydrogens is 286 g/mol. The van der Waals surface area contributed by atoms with Gasteiger partial charge in [-0.05, 0) is 16.8 Å². The van der Waals surface area contributed by atoms with Gasteiger partial charge in [-0.1, -0.05) is 36.4 Å². The van der Waals surface area contributed by atoms with Crippen molar-refractivity contribution in [1.82, 2.24) is 4.90 Å². The Bertz CT molecular complexity index is 609. The van der Waals surface area contributed by atoms with Gasteiger partial charge < -0.3 is 4.74 Å². The standard InChI is InChI=1S/C17H19NO2.ClH/c19-17(7-8-18-9-11-20-12-10-18)16-6-5-14-3-1-2-4-15(14)13-16;/h1-6,13H,7-12H2;1H. The van der Waals surface area contributed by atoms with E-state index in [-0.39, 0.29) is 18.2 Å². The van der Waals surface area contributed by atoms with Gasteiger partial charge in [-0.15, -0.1) is 12.4 Å². The molecule has 21 heavy (non-hydrogen) atoms. The third-order valence-electron chi connectivity index (χ3n) is 3.83. The normalized spacial score (nSPS) is 15.6. The molecule has 2 aromatic carbocycles. The maximum absolute atomic E-state index is 12.3. The number of rotatable bonds is 4. The van der Waals surface area contributed by atoms with Gasteiger partial charge in [0.25, 0.3) is 0 Å². The molecule has 1 aliphatic heterocycles. The van der Waals surface area contributed by atoms with Crippen LogP contribution >= 0.6 is 12.4 Å². The van der Waals surface area contributed by atoms with Gasteiger partial charge in [0.05, 0.1) is 13.2 Å². The van der Waals surface area contributed by atoms with Crippen molar-refractivity contribution in [1.29, 1.82) is 0 Å². The first-order chi connectivity index (χ1) is 9.83. The Morgan fingerprint density at radius 2 is 1.76 bits per heavy atom. The summed E-state index contributed by atoms with van der Waals surface area (Å²) in [5, 5.41) is 2.31. The maximum Gasteiger partial charge on any atom is 0.164 e. The molecule has 0 aliphatic carbocycles. The molecule has 0 N–H and O–H groups in total. The molecular formula is C17H20ClNO2. The van der Waals surface area contributed by atoms with Crippen LogP contribution in [0.15, 0.2) is 42.5 Å². The van der Waals surface area contributed by atoms with E-state index < -0.39 is 0 Å². The number of ketones is 1. The van der Waals surface area contributed by atoms with Crippen LogP contribution in [0.5, 0.6) is 0 Å². The molecule has 0 unspecified atom stereocenters. The Balaban J connectivity index is 0.00000161. The Labute approximate surface area is 131 Å². The zero-order valence-electron chi connectivity index (χ0n) is 12.0. The Morgan fingerprint density at radius 1 is 1.05 bits per heavy atom. The predicted molar refractivity (Wildman–Crippen MR) is 87.4 cm³/mol. The molecule has 1 heterocycles. The third-order valence-corrected chi connectivity index (χ3v) is 3.83. The van der Waals surface area contributed by atoms with Gasteiger partial charge in [-0.25, -0.2) is 0 Å². The minimum absolute atomic E-state index is 0. The third kappa shape index (κ3) is 4.03. The molecule has 0 amide bonds. The lowest BCUT2D eigenvalue weighted by Crippen LogP contribution is -2.37. The van der Waals surface area contributed by atoms with E-state index >= 15 is 0 Å². The van der Waals surface area contributed by atoms with Gasteiger partial charge in [0.15, 0.2) is 5.78 Å². The predicted octanol–water partition coefficient (Wildman–Crippen LogP) is 3.17. The second-order valence-corrected chi connectivity index (χ2v) is 5.19. The molecule has 2 aromatic rings. The second-order valence-electron chi connectivity index (χ2n) is 5.19. The zero-order valence-corrected chi connectivity index (χ0v) is 12.8. The Hall–Kier alpha value is -1.42. The van der Waals surface area contributed by atoms with Gasteiger partial charge in [0.1, 0.15) is 0 Å². The van der Waals surface area contributed by atoms with E-state index in [1.165, 1.54) is 5.39 Å². The molecule has 112 valence electrons. The molecule has 0 bridgehead atoms. The number of nitrogens with zero attached hydrogens (tertiary/aromatic N) is 1. The van der Waals surface area contributed by atoms with Crippen LogP contribution in [0.2, 0.25) is 0 Å². The first kappa shape index (κ1) is 16.0. The lowest BCUT2D eigenvalue weighted by atomic mass is 10.0. The van der Waals surface area contributed by atoms with Crippen LogP contribution in [0.1, 0.15) is 16.8 Å². The SMILES string of the molecule is Cl.O=C(CCN1CCOCC1)c1ccc2ccccc2c1. The zero-order chi connectivity index (χ0) is 13.8. The Morgan fingerprint density at radius 3 is 2.52 bits per heavy atom. The molecule has 1 fully saturated rings. The summed E-state index contributed by atoms with van der Waals surface area (Å²) in [6, 6.07) is 14.1. The number of hydrogen-bond donors (Lipinski definition) is 0. The number of fused-ring (bicyclic) bond motifs is 1. The van der Waals surface area contributed by atoms with Gasteiger partial charge in [-0.3, -0.25) is 9.69 Å². The van der Waals surface area contributed by atoms with Crippen molar-refractivity contribution in [3.8, 4) is 0 Å². The van der Waals surface area contributed by atoms with Gasteiger partial charge >= 0.3 is 0 Å². The average Bonchev–Trinajstić information content (AvgIpc) is 2.53. The molecule has 0 spiro atoms. The van der Waals surface area contributed by atoms with Crippen molar-refractivity contribution in [2.24, 2.45) is 0 Å². The topological polar surface area (TPSA) is 29.5 Å². The quantitative estimate of drug-likeness (QED) is 0.813. The van der Waals surface area contributed by atoms with E-state index in [0.717, 1.165) is 43.8 Å². The number of carbonyl (C=O) groups is 1. The van der Waals surface area contributed by atoms with Crippen molar-refractivity contribution < 1.29 is 9.53 Å². The molecule has 4 heteroatoms. The summed E-state index contributed by atoms with van der Waals surface area (Å²) in [6.07, 6.45) is 0.582. The van der Waals surface area contributed by atoms with E-state index in [9.17, 15) is 4.79 Å². The van der Waals surface area contributed by atoms with Crippen molar-refractivity contribution in [3.63, 3.8) is 0 Å². The highest BCUT2D eigenvalue weighted by Crippen LogP contribution is 2.16. The largest absolute Gasteiger partial charge is 0.379 e. The fourth-order valence-electron chi connectivity index (χ4n) is 2.59. The summed E-state index contributed by atoms with van der Waals surface area (Å²) in [5.41, 5.74) is 0.817. The molecule has 1 saturated heterocycles. The van der Waals surface area contributed by atoms with Crippen LogP contribution in [0.4, 0.5) is 0 Å². The van der Waals surface area contributed by atoms with Crippen LogP contribution in [-0.2, 0) is 4.74 Å². The average molecular weight is 306 g/mol. The van der Waals surface area contributed by atoms with Gasteiger partial charge in [-0.2, -0.15) is 0 Å². The molecule has 0 radical (unpaired) electrons. The van der Waals surface area contributed by atoms with Crippen LogP contribution in [0, 0.1) is 0 Å². The number of carbonyl (C=O) groups excluding carboxylic acids is 1. The minimum Gasteiger partial charge on any atom is -0.379 e. The van der Waals surface area contributed by atoms with E-state index in [0.29, 0.717) is 6.42 Å². The highest BCUT2D eigenvalue weighted by molar-refractivity contribution is 6.00. The van der Waals surface area contributed by atoms with Crippen LogP contribution in [-0.4, -0.2) is 43.5 Å². The van der Waals surface area contributed by atoms with Gasteiger partial charge in [0.2, 0.25) is 0 Å². The van der Waals surface area contributed by atoms with Crippen LogP contribution in [0.25, 0.3) is 10.8 Å². The van der Waals surface area contributed by atoms with E-state index in [2.05, 4.69) is 11.0 Å². The molecule has 0 atom stereocenters. The summed E-state index contributed by atoms with van der Waals surface area (Å²) in [6.45, 7) is 4.26. The summed E-state index contributed by atoms with van der Waals surface area (Å²) < 4.78 is 5.31. The molecule has 3 nitrogen and oxygen atoms in total. The first-order valence-electron chi connectivity index (χ1n) is 7.15. The lowest BCUT2D eigenvalue weighted by molar-refractivity contribution is 0.0370. The molecule has 0 aromatic heterocycles. The molecule has 0 saturated carbocycles. The summed E-state index contributed by atoms with van der Waals surface area (Å²) >= 11 is 0. The number of ether oxygens (including phenoxy) is 1. The lowest BCUT2D eigenvalue weighted by Gasteiger charge is -2.26. The van der Waals surface area contributed by atoms with Gasteiger partial charge in [0, 0.05) is 31.6 Å². The van der Waals surface area contributed by atoms with Crippen LogP contribution < -0.4 is 0 Å². The van der Waals surface area contributed by atoms with E-state index in [4.69, 9.17) is 4.74 Å². The maximum atomic E-state index is 12.3. The van der Waals surface area contributed by atoms with E-state index in [1.807, 2.05) is 36.4 Å². The van der Waals surface area contributed by atoms with Crippen molar-refractivity contribution in [2.75, 3.05) is 32.8 Å². The smallest absolute Gasteiger partial charge is 0.164 e. The monoisotopic (exact) mass is 305 g/mol. The number of hydrogen-bond acceptors (Lipinski definition) is 3. The van der Waals surface area contributed by atoms with E-state index in [1.54, 1.807) is 0 Å². The number of halogens is 1. The Kier molecular flexibility index (Phi) is 5.74. The fraction of sp³-hybridized carbons (Fsp3) is 0.353. The van der Waals surface area contributed by atoms with Crippen molar-refractivity contribution in [3.05, 3.63) is 48.0 Å². The first-order valence-corrected chi connectivity index (χ1v) is 7.15. The summed E-state index contributed by atoms with van der Waals surface area (Å²) in [5.74, 6) is 0.224. The summed E-state index contributed by atoms with van der Waals surface area (Å²) in [7, 11) is 0. The highest BCUT2D eigenvalue weighted by Gasteiger charge is 2.13. The minimum atomic E-state index is 0. The van der Waals surface area contributed by atoms with Crippen molar-refractivity contribution in [2.45, 2.75) is 6.42 Å². The number of benzene rings is 2.